The third kappa shape index (κ3) is 7.75. The molecule has 6 aromatic heterocycles. The first-order valence-corrected chi connectivity index (χ1v) is 31.9. The fourth-order valence-corrected chi connectivity index (χ4v) is 18.8. The van der Waals surface area contributed by atoms with Crippen molar-refractivity contribution < 1.29 is 0 Å². The molecule has 0 unspecified atom stereocenters. The maximum atomic E-state index is 5.44. The fraction of sp³-hybridized carbons (Fsp3) is 0. The minimum atomic E-state index is -3.13. The van der Waals surface area contributed by atoms with E-state index < -0.39 is 8.07 Å². The third-order valence-electron chi connectivity index (χ3n) is 17.9. The highest BCUT2D eigenvalue weighted by molar-refractivity contribution is 7.19. The van der Waals surface area contributed by atoms with Gasteiger partial charge >= 0.3 is 0 Å². The summed E-state index contributed by atoms with van der Waals surface area (Å²) >= 11 is 0. The van der Waals surface area contributed by atoms with Gasteiger partial charge in [-0.2, -0.15) is 29.9 Å². The Morgan fingerprint density at radius 3 is 0.596 bits per heavy atom. The molecule has 0 atom stereocenters. The van der Waals surface area contributed by atoms with Crippen molar-refractivity contribution in [2.45, 2.75) is 0 Å². The molecule has 0 spiro atoms. The summed E-state index contributed by atoms with van der Waals surface area (Å²) in [5, 5.41) is 13.9. The molecule has 0 fully saturated rings. The fourth-order valence-electron chi connectivity index (χ4n) is 14.0. The first kappa shape index (κ1) is 50.4. The van der Waals surface area contributed by atoms with E-state index in [9.17, 15) is 0 Å². The molecule has 18 rings (SSSR count). The zero-order chi connectivity index (χ0) is 58.6. The summed E-state index contributed by atoms with van der Waals surface area (Å²) in [4.78, 5) is 32.6. The lowest BCUT2D eigenvalue weighted by Gasteiger charge is -2.34. The van der Waals surface area contributed by atoms with Crippen molar-refractivity contribution in [2.75, 3.05) is 0 Å². The third-order valence-corrected chi connectivity index (χ3v) is 22.7. The van der Waals surface area contributed by atoms with E-state index in [0.29, 0.717) is 35.4 Å². The van der Waals surface area contributed by atoms with Crippen LogP contribution < -0.4 is 20.7 Å². The Kier molecular flexibility index (Phi) is 11.4. The Hall–Kier alpha value is -11.9. The van der Waals surface area contributed by atoms with E-state index in [1.807, 2.05) is 0 Å². The molecule has 0 radical (unpaired) electrons. The summed E-state index contributed by atoms with van der Waals surface area (Å²) in [6.07, 6.45) is 0. The molecular weight excluding hydrogens is 1110 g/mol. The first-order chi connectivity index (χ1) is 44.2. The zero-order valence-corrected chi connectivity index (χ0v) is 48.8. The van der Waals surface area contributed by atoms with Gasteiger partial charge in [0.05, 0.1) is 44.1 Å². The van der Waals surface area contributed by atoms with Crippen molar-refractivity contribution in [2.24, 2.45) is 0 Å². The molecule has 0 saturated carbocycles. The Balaban J connectivity index is 0.825. The molecule has 0 saturated heterocycles. The average molecular weight is 1160 g/mol. The largest absolute Gasteiger partial charge is 0.278 e. The molecule has 0 aliphatic heterocycles. The Labute approximate surface area is 511 Å². The van der Waals surface area contributed by atoms with Gasteiger partial charge in [0.25, 0.3) is 0 Å². The van der Waals surface area contributed by atoms with Crippen LogP contribution in [0.25, 0.3) is 134 Å². The topological polar surface area (TPSA) is 97.1 Å². The second-order valence-electron chi connectivity index (χ2n) is 22.6. The minimum Gasteiger partial charge on any atom is -0.278 e. The van der Waals surface area contributed by atoms with Gasteiger partial charge in [0, 0.05) is 54.2 Å². The van der Waals surface area contributed by atoms with E-state index in [1.165, 1.54) is 20.7 Å². The molecule has 416 valence electrons. The van der Waals surface area contributed by atoms with Crippen LogP contribution in [-0.2, 0) is 0 Å². The predicted molar refractivity (Wildman–Crippen MR) is 365 cm³/mol. The highest BCUT2D eigenvalue weighted by atomic mass is 28.3. The Morgan fingerprint density at radius 1 is 0.180 bits per heavy atom. The standard InChI is InChI=1S/C78H50N10Si/c1-3-23-53(24-4-1)89(54-25-5-2-6-26-54,55-47-43-51(44-48-55)73-79-75(85-65-35-15-7-27-57(65)58-28-8-16-36-66(58)85)83-76(80-73)86-67-37-17-9-29-59(67)60-30-10-18-38-68(60)86)56-49-45-52(46-50-56)74-81-77(87-69-39-19-11-31-61(69)62-32-12-20-40-70(62)87)84-78(82-74)88-71-41-21-13-33-63(71)64-34-14-22-42-72(64)88/h1-50H. The molecule has 6 heterocycles. The normalized spacial score (nSPS) is 12.0. The monoisotopic (exact) mass is 1150 g/mol. The minimum absolute atomic E-state index is 0.535. The van der Waals surface area contributed by atoms with E-state index in [4.69, 9.17) is 29.9 Å². The van der Waals surface area contributed by atoms with Crippen LogP contribution in [0.1, 0.15) is 0 Å². The summed E-state index contributed by atoms with van der Waals surface area (Å²) in [7, 11) is -3.13. The van der Waals surface area contributed by atoms with Crippen LogP contribution in [0.2, 0.25) is 0 Å². The highest BCUT2D eigenvalue weighted by Crippen LogP contribution is 2.37. The van der Waals surface area contributed by atoms with Crippen LogP contribution in [0.15, 0.2) is 303 Å². The zero-order valence-electron chi connectivity index (χ0n) is 47.8. The molecule has 10 nitrogen and oxygen atoms in total. The van der Waals surface area contributed by atoms with Crippen LogP contribution in [0.5, 0.6) is 0 Å². The summed E-state index contributed by atoms with van der Waals surface area (Å²) in [6, 6.07) is 108. The molecule has 89 heavy (non-hydrogen) atoms. The Bertz CT molecular complexity index is 4970. The van der Waals surface area contributed by atoms with Crippen LogP contribution >= 0.6 is 0 Å². The summed E-state index contributed by atoms with van der Waals surface area (Å²) in [5.74, 6) is 3.27. The Morgan fingerprint density at radius 2 is 0.371 bits per heavy atom. The highest BCUT2D eigenvalue weighted by Gasteiger charge is 2.41. The second kappa shape index (κ2) is 20.1. The number of para-hydroxylation sites is 8. The molecule has 0 N–H and O–H groups in total. The van der Waals surface area contributed by atoms with Crippen LogP contribution in [0.4, 0.5) is 0 Å². The van der Waals surface area contributed by atoms with E-state index in [2.05, 4.69) is 322 Å². The van der Waals surface area contributed by atoms with Crippen molar-refractivity contribution in [3.63, 3.8) is 0 Å². The number of hydrogen-bond donors (Lipinski definition) is 0. The van der Waals surface area contributed by atoms with Gasteiger partial charge in [-0.15, -0.1) is 0 Å². The lowest BCUT2D eigenvalue weighted by atomic mass is 10.2. The number of rotatable bonds is 10. The quantitative estimate of drug-likeness (QED) is 0.1000. The lowest BCUT2D eigenvalue weighted by molar-refractivity contribution is 0.892. The van der Waals surface area contributed by atoms with Gasteiger partial charge in [-0.05, 0) is 69.3 Å². The SMILES string of the molecule is c1ccc([Si](c2ccccc2)(c2ccc(-c3nc(-n4c5ccccc5c5ccccc54)nc(-n4c5ccccc5c5ccccc54)n3)cc2)c2ccc(-c3nc(-n4c5ccccc5c5ccccc54)nc(-n4c5ccccc5c5ccccc54)n3)cc2)cc1. The van der Waals surface area contributed by atoms with Gasteiger partial charge in [-0.3, -0.25) is 18.3 Å². The smallest absolute Gasteiger partial charge is 0.240 e. The molecular formula is C78H50N10Si. The summed E-state index contributed by atoms with van der Waals surface area (Å²) < 4.78 is 8.73. The van der Waals surface area contributed by atoms with E-state index in [-0.39, 0.29) is 0 Å². The van der Waals surface area contributed by atoms with Crippen LogP contribution in [0, 0.1) is 0 Å². The average Bonchev–Trinajstić information content (AvgIpc) is 1.53. The van der Waals surface area contributed by atoms with Gasteiger partial charge in [-0.25, -0.2) is 0 Å². The van der Waals surface area contributed by atoms with Gasteiger partial charge in [0.1, 0.15) is 0 Å². The van der Waals surface area contributed by atoms with Crippen LogP contribution in [-0.4, -0.2) is 56.2 Å². The van der Waals surface area contributed by atoms with E-state index >= 15 is 0 Å². The van der Waals surface area contributed by atoms with Crippen molar-refractivity contribution >= 4 is 116 Å². The number of aromatic nitrogens is 10. The molecule has 11 heteroatoms. The molecule has 0 bridgehead atoms. The molecule has 0 aliphatic carbocycles. The number of benzene rings is 12. The van der Waals surface area contributed by atoms with Gasteiger partial charge in [0.15, 0.2) is 19.7 Å². The maximum absolute atomic E-state index is 5.44. The summed E-state index contributed by atoms with van der Waals surface area (Å²) in [5.41, 5.74) is 9.88. The van der Waals surface area contributed by atoms with E-state index in [0.717, 1.165) is 98.4 Å². The number of fused-ring (bicyclic) bond motifs is 12. The summed E-state index contributed by atoms with van der Waals surface area (Å²) in [6.45, 7) is 0. The molecule has 12 aromatic carbocycles. The second-order valence-corrected chi connectivity index (χ2v) is 26.4. The van der Waals surface area contributed by atoms with Crippen molar-refractivity contribution in [3.8, 4) is 46.6 Å². The van der Waals surface area contributed by atoms with Crippen molar-refractivity contribution in [1.29, 1.82) is 0 Å². The molecule has 0 aliphatic rings. The van der Waals surface area contributed by atoms with Gasteiger partial charge < -0.3 is 0 Å². The maximum Gasteiger partial charge on any atom is 0.240 e. The first-order valence-electron chi connectivity index (χ1n) is 29.9. The lowest BCUT2D eigenvalue weighted by Crippen LogP contribution is -2.74. The number of hydrogen-bond acceptors (Lipinski definition) is 6. The van der Waals surface area contributed by atoms with Crippen molar-refractivity contribution in [1.82, 2.24) is 48.2 Å². The van der Waals surface area contributed by atoms with Gasteiger partial charge in [0.2, 0.25) is 23.8 Å². The predicted octanol–water partition coefficient (Wildman–Crippen LogP) is 15.2. The van der Waals surface area contributed by atoms with Gasteiger partial charge in [-0.1, -0.05) is 255 Å². The van der Waals surface area contributed by atoms with Crippen molar-refractivity contribution in [3.05, 3.63) is 303 Å². The molecule has 18 aromatic rings. The number of nitrogens with zero attached hydrogens (tertiary/aromatic N) is 10. The van der Waals surface area contributed by atoms with E-state index in [1.54, 1.807) is 0 Å². The van der Waals surface area contributed by atoms with Crippen LogP contribution in [0.3, 0.4) is 0 Å². The molecule has 0 amide bonds.